The topological polar surface area (TPSA) is 54.1 Å². The van der Waals surface area contributed by atoms with Crippen LogP contribution in [0.25, 0.3) is 0 Å². The van der Waals surface area contributed by atoms with Crippen LogP contribution in [0.15, 0.2) is 40.9 Å². The first-order chi connectivity index (χ1) is 11.2. The quantitative estimate of drug-likeness (QED) is 0.325. The number of halogens is 2. The highest BCUT2D eigenvalue weighted by molar-refractivity contribution is 14.0. The van der Waals surface area contributed by atoms with Crippen LogP contribution in [0, 0.1) is 0 Å². The Morgan fingerprint density at radius 3 is 2.50 bits per heavy atom. The van der Waals surface area contributed by atoms with E-state index in [-0.39, 0.29) is 24.0 Å². The van der Waals surface area contributed by atoms with Crippen molar-refractivity contribution < 1.29 is 4.74 Å². The number of anilines is 1. The van der Waals surface area contributed by atoms with Crippen molar-refractivity contribution in [2.24, 2.45) is 10.7 Å². The van der Waals surface area contributed by atoms with Crippen LogP contribution < -0.4 is 10.6 Å². The predicted molar refractivity (Wildman–Crippen MR) is 111 cm³/mol. The molecule has 3 rings (SSSR count). The van der Waals surface area contributed by atoms with E-state index in [0.717, 1.165) is 44.2 Å². The van der Waals surface area contributed by atoms with Gasteiger partial charge in [0.25, 0.3) is 0 Å². The first kappa shape index (κ1) is 19.3. The molecule has 1 aromatic carbocycles. The zero-order valence-electron chi connectivity index (χ0n) is 13.7. The first-order valence-corrected chi connectivity index (χ1v) is 8.41. The van der Waals surface area contributed by atoms with Crippen molar-refractivity contribution in [1.82, 2.24) is 4.90 Å². The van der Waals surface area contributed by atoms with Gasteiger partial charge in [0.05, 0.1) is 19.8 Å². The van der Waals surface area contributed by atoms with E-state index in [1.807, 2.05) is 12.1 Å². The molecule has 0 aliphatic carbocycles. The molecule has 0 unspecified atom stereocenters. The highest BCUT2D eigenvalue weighted by Crippen LogP contribution is 2.19. The van der Waals surface area contributed by atoms with Gasteiger partial charge in [0, 0.05) is 36.9 Å². The van der Waals surface area contributed by atoms with Crippen LogP contribution in [0.5, 0.6) is 0 Å². The number of hydrogen-bond acceptors (Lipinski definition) is 3. The van der Waals surface area contributed by atoms with E-state index in [1.165, 1.54) is 11.3 Å². The van der Waals surface area contributed by atoms with Gasteiger partial charge >= 0.3 is 0 Å². The molecule has 2 aliphatic rings. The first-order valence-electron chi connectivity index (χ1n) is 8.03. The van der Waals surface area contributed by atoms with Gasteiger partial charge in [0.1, 0.15) is 0 Å². The fourth-order valence-electron chi connectivity index (χ4n) is 2.85. The average molecular weight is 463 g/mol. The number of rotatable bonds is 3. The standard InChI is InChI=1S/C17H23ClN4O.HI/c18-15-3-5-16(6-4-15)21-7-9-22(10-8-21)17(19)20-12-14-2-1-11-23-13-14;/h2-6H,1,7-13H2,(H2,19,20);1H. The summed E-state index contributed by atoms with van der Waals surface area (Å²) in [6.45, 7) is 5.77. The summed E-state index contributed by atoms with van der Waals surface area (Å²) in [5.74, 6) is 0.632. The molecule has 5 nitrogen and oxygen atoms in total. The largest absolute Gasteiger partial charge is 0.377 e. The van der Waals surface area contributed by atoms with Gasteiger partial charge in [-0.2, -0.15) is 0 Å². The number of nitrogens with zero attached hydrogens (tertiary/aromatic N) is 3. The van der Waals surface area contributed by atoms with Crippen molar-refractivity contribution in [1.29, 1.82) is 0 Å². The Morgan fingerprint density at radius 1 is 1.17 bits per heavy atom. The molecule has 1 saturated heterocycles. The Bertz CT molecular complexity index is 583. The molecule has 7 heteroatoms. The summed E-state index contributed by atoms with van der Waals surface area (Å²) in [7, 11) is 0. The van der Waals surface area contributed by atoms with Crippen molar-refractivity contribution in [2.45, 2.75) is 6.42 Å². The van der Waals surface area contributed by atoms with Gasteiger partial charge in [-0.3, -0.25) is 0 Å². The van der Waals surface area contributed by atoms with E-state index in [9.17, 15) is 0 Å². The highest BCUT2D eigenvalue weighted by atomic mass is 127. The summed E-state index contributed by atoms with van der Waals surface area (Å²) in [5.41, 5.74) is 8.57. The lowest BCUT2D eigenvalue weighted by Gasteiger charge is -2.36. The smallest absolute Gasteiger partial charge is 0.191 e. The molecule has 1 aromatic rings. The van der Waals surface area contributed by atoms with Crippen molar-refractivity contribution in [3.05, 3.63) is 40.9 Å². The number of aliphatic imine (C=N–C) groups is 1. The minimum absolute atomic E-state index is 0. The van der Waals surface area contributed by atoms with Crippen LogP contribution >= 0.6 is 35.6 Å². The molecule has 0 bridgehead atoms. The molecule has 0 amide bonds. The minimum atomic E-state index is 0. The molecule has 2 N–H and O–H groups in total. The van der Waals surface area contributed by atoms with E-state index in [4.69, 9.17) is 22.1 Å². The number of nitrogens with two attached hydrogens (primary N) is 1. The molecule has 0 saturated carbocycles. The number of guanidine groups is 1. The van der Waals surface area contributed by atoms with E-state index < -0.39 is 0 Å². The number of piperazine rings is 1. The fraction of sp³-hybridized carbons (Fsp3) is 0.471. The third-order valence-electron chi connectivity index (χ3n) is 4.22. The molecule has 0 atom stereocenters. The molecule has 2 heterocycles. The Balaban J connectivity index is 0.00000208. The third-order valence-corrected chi connectivity index (χ3v) is 4.47. The fourth-order valence-corrected chi connectivity index (χ4v) is 2.97. The van der Waals surface area contributed by atoms with Gasteiger partial charge in [0.2, 0.25) is 0 Å². The van der Waals surface area contributed by atoms with Crippen LogP contribution in [-0.2, 0) is 4.74 Å². The van der Waals surface area contributed by atoms with Gasteiger partial charge in [-0.25, -0.2) is 4.99 Å². The molecule has 0 aromatic heterocycles. The normalized spacial score (nSPS) is 18.9. The molecule has 0 radical (unpaired) electrons. The Kier molecular flexibility index (Phi) is 7.64. The molecular weight excluding hydrogens is 439 g/mol. The summed E-state index contributed by atoms with van der Waals surface area (Å²) in [6, 6.07) is 7.98. The van der Waals surface area contributed by atoms with E-state index >= 15 is 0 Å². The van der Waals surface area contributed by atoms with Crippen LogP contribution in [0.1, 0.15) is 6.42 Å². The van der Waals surface area contributed by atoms with Crippen LogP contribution in [0.3, 0.4) is 0 Å². The van der Waals surface area contributed by atoms with Gasteiger partial charge in [-0.1, -0.05) is 17.7 Å². The van der Waals surface area contributed by atoms with Crippen molar-refractivity contribution in [3.63, 3.8) is 0 Å². The summed E-state index contributed by atoms with van der Waals surface area (Å²) in [4.78, 5) is 9.01. The maximum Gasteiger partial charge on any atom is 0.191 e. The minimum Gasteiger partial charge on any atom is -0.377 e. The molecule has 2 aliphatic heterocycles. The second-order valence-electron chi connectivity index (χ2n) is 5.83. The highest BCUT2D eigenvalue weighted by Gasteiger charge is 2.18. The van der Waals surface area contributed by atoms with Gasteiger partial charge in [-0.05, 0) is 36.3 Å². The summed E-state index contributed by atoms with van der Waals surface area (Å²) >= 11 is 5.94. The zero-order valence-corrected chi connectivity index (χ0v) is 16.7. The molecule has 132 valence electrons. The van der Waals surface area contributed by atoms with E-state index in [2.05, 4.69) is 33.0 Å². The summed E-state index contributed by atoms with van der Waals surface area (Å²) in [6.07, 6.45) is 3.18. The summed E-state index contributed by atoms with van der Waals surface area (Å²) < 4.78 is 5.42. The van der Waals surface area contributed by atoms with Crippen LogP contribution in [0.2, 0.25) is 5.02 Å². The monoisotopic (exact) mass is 462 g/mol. The van der Waals surface area contributed by atoms with Crippen LogP contribution in [-0.4, -0.2) is 56.8 Å². The lowest BCUT2D eigenvalue weighted by Crippen LogP contribution is -2.51. The van der Waals surface area contributed by atoms with E-state index in [0.29, 0.717) is 19.1 Å². The zero-order chi connectivity index (χ0) is 16.1. The SMILES string of the molecule is I.NC(=NCC1=CCCOC1)N1CCN(c2ccc(Cl)cc2)CC1. The van der Waals surface area contributed by atoms with Gasteiger partial charge < -0.3 is 20.3 Å². The third kappa shape index (κ3) is 5.26. The lowest BCUT2D eigenvalue weighted by molar-refractivity contribution is 0.149. The Morgan fingerprint density at radius 2 is 1.88 bits per heavy atom. The second-order valence-corrected chi connectivity index (χ2v) is 6.27. The summed E-state index contributed by atoms with van der Waals surface area (Å²) in [5, 5.41) is 0.768. The number of hydrogen-bond donors (Lipinski definition) is 1. The van der Waals surface area contributed by atoms with Crippen molar-refractivity contribution >= 4 is 47.2 Å². The van der Waals surface area contributed by atoms with Gasteiger partial charge in [0.15, 0.2) is 5.96 Å². The van der Waals surface area contributed by atoms with Crippen molar-refractivity contribution in [2.75, 3.05) is 50.8 Å². The maximum absolute atomic E-state index is 6.14. The molecule has 0 spiro atoms. The lowest BCUT2D eigenvalue weighted by atomic mass is 10.2. The van der Waals surface area contributed by atoms with E-state index in [1.54, 1.807) is 0 Å². The maximum atomic E-state index is 6.14. The Hall–Kier alpha value is -0.990. The average Bonchev–Trinajstić information content (AvgIpc) is 2.61. The molecular formula is C17H24ClIN4O. The van der Waals surface area contributed by atoms with Gasteiger partial charge in [-0.15, -0.1) is 24.0 Å². The number of ether oxygens (including phenoxy) is 1. The predicted octanol–water partition coefficient (Wildman–Crippen LogP) is 2.74. The molecule has 1 fully saturated rings. The molecule has 24 heavy (non-hydrogen) atoms. The Labute approximate surface area is 165 Å². The number of benzene rings is 1. The second kappa shape index (κ2) is 9.48. The van der Waals surface area contributed by atoms with Crippen molar-refractivity contribution in [3.8, 4) is 0 Å². The van der Waals surface area contributed by atoms with Crippen LogP contribution in [0.4, 0.5) is 5.69 Å².